The Hall–Kier alpha value is -0.610. The van der Waals surface area contributed by atoms with Crippen LogP contribution >= 0.6 is 0 Å². The fraction of sp³-hybridized carbons (Fsp3) is 0.889. The van der Waals surface area contributed by atoms with E-state index in [0.717, 1.165) is 12.8 Å². The van der Waals surface area contributed by atoms with Crippen molar-refractivity contribution < 1.29 is 19.1 Å². The average Bonchev–Trinajstić information content (AvgIpc) is 2.15. The van der Waals surface area contributed by atoms with E-state index in [-0.39, 0.29) is 12.4 Å². The van der Waals surface area contributed by atoms with Crippen molar-refractivity contribution in [2.75, 3.05) is 21.3 Å². The highest BCUT2D eigenvalue weighted by Crippen LogP contribution is 2.16. The predicted octanol–water partition coefficient (Wildman–Crippen LogP) is 0.803. The van der Waals surface area contributed by atoms with Crippen LogP contribution in [0.1, 0.15) is 19.8 Å². The fourth-order valence-electron chi connectivity index (χ4n) is 1.49. The third-order valence-corrected chi connectivity index (χ3v) is 2.29. The molecule has 0 aromatic rings. The van der Waals surface area contributed by atoms with Gasteiger partial charge in [-0.25, -0.2) is 0 Å². The molecule has 0 aromatic carbocycles. The lowest BCUT2D eigenvalue weighted by atomic mass is 10.1. The molecule has 4 nitrogen and oxygen atoms in total. The molecule has 0 radical (unpaired) electrons. The zero-order chi connectivity index (χ0) is 9.84. The van der Waals surface area contributed by atoms with Gasteiger partial charge >= 0.3 is 0 Å². The van der Waals surface area contributed by atoms with Crippen LogP contribution in [0.4, 0.5) is 0 Å². The Bertz CT molecular complexity index is 203. The van der Waals surface area contributed by atoms with E-state index in [9.17, 15) is 0 Å². The van der Waals surface area contributed by atoms with E-state index in [2.05, 4.69) is 0 Å². The highest BCUT2D eigenvalue weighted by atomic mass is 16.7. The Labute approximate surface area is 79.1 Å². The largest absolute Gasteiger partial charge is 0.355 e. The first-order valence-corrected chi connectivity index (χ1v) is 4.48. The number of rotatable bonds is 2. The first-order valence-electron chi connectivity index (χ1n) is 4.48. The maximum absolute atomic E-state index is 5.54. The minimum atomic E-state index is -0.128. The molecule has 1 rings (SSSR count). The molecule has 1 fully saturated rings. The van der Waals surface area contributed by atoms with Crippen LogP contribution < -0.4 is 0 Å². The molecule has 1 aliphatic heterocycles. The predicted molar refractivity (Wildman–Crippen MR) is 48.8 cm³/mol. The zero-order valence-corrected chi connectivity index (χ0v) is 8.74. The minimum Gasteiger partial charge on any atom is -0.355 e. The van der Waals surface area contributed by atoms with Crippen LogP contribution in [0.15, 0.2) is 0 Å². The summed E-state index contributed by atoms with van der Waals surface area (Å²) < 4.78 is 12.5. The van der Waals surface area contributed by atoms with E-state index in [1.165, 1.54) is 5.71 Å². The van der Waals surface area contributed by atoms with Crippen molar-refractivity contribution in [3.63, 3.8) is 0 Å². The van der Waals surface area contributed by atoms with E-state index < -0.39 is 0 Å². The van der Waals surface area contributed by atoms with Gasteiger partial charge in [-0.2, -0.15) is 0 Å². The van der Waals surface area contributed by atoms with Gasteiger partial charge in [0, 0.05) is 7.11 Å². The van der Waals surface area contributed by atoms with Crippen LogP contribution in [-0.2, 0) is 14.3 Å². The van der Waals surface area contributed by atoms with Crippen LogP contribution in [-0.4, -0.2) is 44.1 Å². The number of hydrogen-bond acceptors (Lipinski definition) is 3. The third-order valence-electron chi connectivity index (χ3n) is 2.29. The van der Waals surface area contributed by atoms with Crippen molar-refractivity contribution >= 4 is 5.71 Å². The Morgan fingerprint density at radius 3 is 2.62 bits per heavy atom. The van der Waals surface area contributed by atoms with Gasteiger partial charge in [-0.15, -0.1) is 0 Å². The summed E-state index contributed by atoms with van der Waals surface area (Å²) in [6.45, 7) is 2.04. The first-order chi connectivity index (χ1) is 6.17. The standard InChI is InChI=1S/C9H18NO3/c1-7-5-8(10(2)12-4)6-9(11-3)13-7/h7,9H,5-6H2,1-4H3/q+1. The van der Waals surface area contributed by atoms with E-state index in [1.807, 2.05) is 14.0 Å². The number of methoxy groups -OCH3 is 1. The molecular weight excluding hydrogens is 170 g/mol. The van der Waals surface area contributed by atoms with Crippen molar-refractivity contribution in [2.24, 2.45) is 0 Å². The fourth-order valence-corrected chi connectivity index (χ4v) is 1.49. The normalized spacial score (nSPS) is 32.9. The van der Waals surface area contributed by atoms with Crippen LogP contribution in [0.2, 0.25) is 0 Å². The smallest absolute Gasteiger partial charge is 0.211 e. The minimum absolute atomic E-state index is 0.128. The van der Waals surface area contributed by atoms with Gasteiger partial charge in [0.25, 0.3) is 0 Å². The molecule has 1 saturated heterocycles. The van der Waals surface area contributed by atoms with Crippen LogP contribution in [0.3, 0.4) is 0 Å². The molecule has 13 heavy (non-hydrogen) atoms. The summed E-state index contributed by atoms with van der Waals surface area (Å²) in [4.78, 5) is 5.12. The SMILES string of the molecule is COC1CC(=[N+](C)OC)CC(C)O1. The van der Waals surface area contributed by atoms with Gasteiger partial charge < -0.3 is 9.47 Å². The summed E-state index contributed by atoms with van der Waals surface area (Å²) in [6, 6.07) is 0. The van der Waals surface area contributed by atoms with E-state index in [1.54, 1.807) is 19.0 Å². The third kappa shape index (κ3) is 2.67. The molecule has 4 heteroatoms. The van der Waals surface area contributed by atoms with Crippen molar-refractivity contribution in [2.45, 2.75) is 32.2 Å². The van der Waals surface area contributed by atoms with Crippen molar-refractivity contribution in [1.82, 2.24) is 0 Å². The second kappa shape index (κ2) is 4.58. The molecule has 0 amide bonds. The topological polar surface area (TPSA) is 30.7 Å². The molecular formula is C9H18NO3+. The monoisotopic (exact) mass is 188 g/mol. The lowest BCUT2D eigenvalue weighted by Crippen LogP contribution is -2.36. The Morgan fingerprint density at radius 1 is 1.38 bits per heavy atom. The molecule has 0 aliphatic carbocycles. The van der Waals surface area contributed by atoms with Gasteiger partial charge in [0.15, 0.2) is 13.3 Å². The quantitative estimate of drug-likeness (QED) is 0.474. The Morgan fingerprint density at radius 2 is 2.08 bits per heavy atom. The second-order valence-electron chi connectivity index (χ2n) is 3.27. The van der Waals surface area contributed by atoms with Crippen LogP contribution in [0.5, 0.6) is 0 Å². The molecule has 0 N–H and O–H groups in total. The maximum Gasteiger partial charge on any atom is 0.211 e. The van der Waals surface area contributed by atoms with Crippen LogP contribution in [0.25, 0.3) is 0 Å². The highest BCUT2D eigenvalue weighted by Gasteiger charge is 2.29. The zero-order valence-electron chi connectivity index (χ0n) is 8.74. The molecule has 0 saturated carbocycles. The molecule has 0 bridgehead atoms. The van der Waals surface area contributed by atoms with Gasteiger partial charge in [0.2, 0.25) is 5.71 Å². The molecule has 76 valence electrons. The van der Waals surface area contributed by atoms with E-state index >= 15 is 0 Å². The van der Waals surface area contributed by atoms with Gasteiger partial charge in [0.05, 0.1) is 18.9 Å². The molecule has 1 aliphatic rings. The van der Waals surface area contributed by atoms with Gasteiger partial charge in [-0.3, -0.25) is 4.84 Å². The summed E-state index contributed by atoms with van der Waals surface area (Å²) >= 11 is 0. The van der Waals surface area contributed by atoms with E-state index in [0.29, 0.717) is 0 Å². The highest BCUT2D eigenvalue weighted by molar-refractivity contribution is 5.80. The number of hydroxylamine groups is 1. The second-order valence-corrected chi connectivity index (χ2v) is 3.27. The van der Waals surface area contributed by atoms with Crippen molar-refractivity contribution in [3.8, 4) is 0 Å². The van der Waals surface area contributed by atoms with Crippen molar-refractivity contribution in [1.29, 1.82) is 0 Å². The summed E-state index contributed by atoms with van der Waals surface area (Å²) in [7, 11) is 5.22. The maximum atomic E-state index is 5.54. The average molecular weight is 188 g/mol. The summed E-state index contributed by atoms with van der Waals surface area (Å²) in [5.74, 6) is 0. The summed E-state index contributed by atoms with van der Waals surface area (Å²) in [5.41, 5.74) is 1.22. The number of nitrogens with zero attached hydrogens (tertiary/aromatic N) is 1. The molecule has 2 unspecified atom stereocenters. The van der Waals surface area contributed by atoms with Crippen LogP contribution in [0, 0.1) is 0 Å². The Kier molecular flexibility index (Phi) is 3.69. The lowest BCUT2D eigenvalue weighted by molar-refractivity contribution is -0.762. The van der Waals surface area contributed by atoms with Crippen molar-refractivity contribution in [3.05, 3.63) is 0 Å². The van der Waals surface area contributed by atoms with Gasteiger partial charge in [-0.1, -0.05) is 0 Å². The molecule has 0 spiro atoms. The number of ether oxygens (including phenoxy) is 2. The molecule has 0 aromatic heterocycles. The summed E-state index contributed by atoms with van der Waals surface area (Å²) in [6.07, 6.45) is 1.76. The Balaban J connectivity index is 2.67. The van der Waals surface area contributed by atoms with Gasteiger partial charge in [-0.05, 0) is 11.7 Å². The lowest BCUT2D eigenvalue weighted by Gasteiger charge is -2.25. The molecule has 2 atom stereocenters. The summed E-state index contributed by atoms with van der Waals surface area (Å²) in [5, 5.41) is 0. The molecule has 1 heterocycles. The van der Waals surface area contributed by atoms with E-state index in [4.69, 9.17) is 14.3 Å². The van der Waals surface area contributed by atoms with Gasteiger partial charge in [0.1, 0.15) is 7.11 Å². The first kappa shape index (κ1) is 10.5. The number of hydrogen-bond donors (Lipinski definition) is 0.